The first-order chi connectivity index (χ1) is 22.6. The Labute approximate surface area is 286 Å². The van der Waals surface area contributed by atoms with Crippen molar-refractivity contribution >= 4 is 102 Å². The van der Waals surface area contributed by atoms with E-state index in [0.717, 1.165) is 10.8 Å². The molecule has 0 unspecified atom stereocenters. The smallest absolute Gasteiger partial charge is 0.201 e. The van der Waals surface area contributed by atoms with Gasteiger partial charge >= 0.3 is 0 Å². The van der Waals surface area contributed by atoms with E-state index in [2.05, 4.69) is 9.97 Å². The first kappa shape index (κ1) is 30.7. The normalized spacial score (nSPS) is 13.7. The molecule has 2 heterocycles. The second-order valence-electron chi connectivity index (χ2n) is 10.6. The second-order valence-corrected chi connectivity index (χ2v) is 12.1. The highest BCUT2D eigenvalue weighted by molar-refractivity contribution is 6.56. The summed E-state index contributed by atoms with van der Waals surface area (Å²) in [5.74, 6) is -1.40. The number of hydrogen-bond donors (Lipinski definition) is 3. The fourth-order valence-corrected chi connectivity index (χ4v) is 6.67. The van der Waals surface area contributed by atoms with E-state index < -0.39 is 5.78 Å². The van der Waals surface area contributed by atoms with Crippen LogP contribution < -0.4 is 0 Å². The monoisotopic (exact) mass is 698 g/mol. The Morgan fingerprint density at radius 2 is 1.09 bits per heavy atom. The van der Waals surface area contributed by atoms with E-state index in [0.29, 0.717) is 27.9 Å². The molecule has 230 valence electrons. The third-order valence-corrected chi connectivity index (χ3v) is 9.68. The minimum absolute atomic E-state index is 0.0147. The molecule has 2 aromatic heterocycles. The lowest BCUT2D eigenvalue weighted by atomic mass is 10.0. The van der Waals surface area contributed by atoms with Gasteiger partial charge in [-0.1, -0.05) is 113 Å². The molecule has 7 nitrogen and oxygen atoms in total. The molecule has 8 rings (SSSR count). The Kier molecular flexibility index (Phi) is 7.65. The first-order valence-corrected chi connectivity index (χ1v) is 15.5. The Morgan fingerprint density at radius 3 is 1.77 bits per heavy atom. The number of Topliss-reactive ketones (excluding diaryl/α,β-unsaturated/α-hetero) is 2. The molecule has 0 bridgehead atoms. The van der Waals surface area contributed by atoms with E-state index >= 15 is 0 Å². The molecule has 47 heavy (non-hydrogen) atoms. The number of halogens is 4. The van der Waals surface area contributed by atoms with Crippen molar-refractivity contribution in [1.29, 1.82) is 0 Å². The largest absolute Gasteiger partial charge is 0.506 e. The Morgan fingerprint density at radius 1 is 0.511 bits per heavy atom. The first-order valence-electron chi connectivity index (χ1n) is 13.9. The lowest BCUT2D eigenvalue weighted by Crippen LogP contribution is -2.02. The lowest BCUT2D eigenvalue weighted by Gasteiger charge is -2.09. The molecule has 0 spiro atoms. The van der Waals surface area contributed by atoms with Gasteiger partial charge in [-0.05, 0) is 24.3 Å². The van der Waals surface area contributed by atoms with E-state index in [9.17, 15) is 24.9 Å². The maximum atomic E-state index is 12.9. The number of aromatic hydroxyl groups is 1. The maximum absolute atomic E-state index is 12.9. The van der Waals surface area contributed by atoms with Crippen LogP contribution in [-0.2, 0) is 0 Å². The maximum Gasteiger partial charge on any atom is 0.201 e. The van der Waals surface area contributed by atoms with Crippen molar-refractivity contribution in [1.82, 2.24) is 9.97 Å². The van der Waals surface area contributed by atoms with Crippen LogP contribution >= 0.6 is 46.4 Å². The minimum Gasteiger partial charge on any atom is -0.506 e. The number of nitrogens with zero attached hydrogens (tertiary/aromatic N) is 2. The second kappa shape index (κ2) is 11.7. The average molecular weight is 700 g/mol. The van der Waals surface area contributed by atoms with Crippen molar-refractivity contribution in [2.45, 2.75) is 0 Å². The summed E-state index contributed by atoms with van der Waals surface area (Å²) in [6.45, 7) is 0. The molecule has 0 fully saturated rings. The number of fused-ring (bicyclic) bond motifs is 4. The average Bonchev–Trinajstić information content (AvgIpc) is 3.50. The van der Waals surface area contributed by atoms with E-state index in [1.807, 2.05) is 48.5 Å². The molecule has 0 saturated carbocycles. The van der Waals surface area contributed by atoms with E-state index in [1.165, 1.54) is 0 Å². The molecule has 11 heteroatoms. The van der Waals surface area contributed by atoms with Crippen molar-refractivity contribution in [3.8, 4) is 5.75 Å². The van der Waals surface area contributed by atoms with Crippen molar-refractivity contribution < 1.29 is 24.9 Å². The quantitative estimate of drug-likeness (QED) is 0.121. The Balaban J connectivity index is 0.000000151. The van der Waals surface area contributed by atoms with Gasteiger partial charge in [0.25, 0.3) is 0 Å². The highest BCUT2D eigenvalue weighted by Crippen LogP contribution is 2.49. The summed E-state index contributed by atoms with van der Waals surface area (Å²) in [7, 11) is 0. The molecule has 0 radical (unpaired) electrons. The summed E-state index contributed by atoms with van der Waals surface area (Å²) in [6.07, 6.45) is 0. The van der Waals surface area contributed by atoms with Crippen LogP contribution in [0.4, 0.5) is 0 Å². The number of aromatic nitrogens is 2. The molecular formula is C36H18Cl4N2O5. The number of para-hydroxylation sites is 2. The minimum atomic E-state index is -0.499. The highest BCUT2D eigenvalue weighted by Gasteiger charge is 2.38. The van der Waals surface area contributed by atoms with Gasteiger partial charge in [-0.3, -0.25) is 9.59 Å². The SMILES string of the molecule is O=C1C(c2ccc3ccccc3n2)=C(O)c2c(Cl)c(Cl)c(Cl)c(Cl)c21.O=C1C(c2nc3ccccc3cc2O)=C(O)c2ccccc21. The highest BCUT2D eigenvalue weighted by atomic mass is 35.5. The summed E-state index contributed by atoms with van der Waals surface area (Å²) < 4.78 is 0. The molecule has 6 aromatic rings. The number of aliphatic hydroxyl groups excluding tert-OH is 2. The zero-order valence-corrected chi connectivity index (χ0v) is 26.7. The number of aliphatic hydroxyl groups is 2. The van der Waals surface area contributed by atoms with E-state index in [1.54, 1.807) is 42.5 Å². The number of hydrogen-bond acceptors (Lipinski definition) is 7. The molecule has 0 aliphatic heterocycles. The van der Waals surface area contributed by atoms with Gasteiger partial charge in [-0.2, -0.15) is 0 Å². The van der Waals surface area contributed by atoms with Crippen LogP contribution in [0.3, 0.4) is 0 Å². The summed E-state index contributed by atoms with van der Waals surface area (Å²) >= 11 is 24.4. The van der Waals surface area contributed by atoms with Gasteiger partial charge in [-0.25, -0.2) is 9.97 Å². The summed E-state index contributed by atoms with van der Waals surface area (Å²) in [6, 6.07) is 26.6. The van der Waals surface area contributed by atoms with Crippen LogP contribution in [0.1, 0.15) is 43.2 Å². The molecule has 2 aliphatic carbocycles. The van der Waals surface area contributed by atoms with Crippen LogP contribution in [0.5, 0.6) is 5.75 Å². The number of carbonyl (C=O) groups is 2. The van der Waals surface area contributed by atoms with Crippen molar-refractivity contribution in [3.05, 3.63) is 145 Å². The van der Waals surface area contributed by atoms with E-state index in [4.69, 9.17) is 46.4 Å². The van der Waals surface area contributed by atoms with Crippen LogP contribution in [0.15, 0.2) is 91.0 Å². The third kappa shape index (κ3) is 4.91. The van der Waals surface area contributed by atoms with Gasteiger partial charge in [-0.15, -0.1) is 0 Å². The van der Waals surface area contributed by atoms with Crippen molar-refractivity contribution in [3.63, 3.8) is 0 Å². The zero-order chi connectivity index (χ0) is 33.1. The summed E-state index contributed by atoms with van der Waals surface area (Å²) in [4.78, 5) is 34.2. The van der Waals surface area contributed by atoms with Gasteiger partial charge in [0.15, 0.2) is 5.78 Å². The predicted octanol–water partition coefficient (Wildman–Crippen LogP) is 10.0. The molecular weight excluding hydrogens is 682 g/mol. The number of rotatable bonds is 2. The van der Waals surface area contributed by atoms with Crippen molar-refractivity contribution in [2.24, 2.45) is 0 Å². The number of pyridine rings is 2. The van der Waals surface area contributed by atoms with Crippen LogP contribution in [-0.4, -0.2) is 36.9 Å². The van der Waals surface area contributed by atoms with E-state index in [-0.39, 0.29) is 71.1 Å². The number of benzene rings is 4. The fraction of sp³-hybridized carbons (Fsp3) is 0. The third-order valence-electron chi connectivity index (χ3n) is 7.88. The van der Waals surface area contributed by atoms with Gasteiger partial charge in [0.05, 0.1) is 59.1 Å². The fourth-order valence-electron chi connectivity index (χ4n) is 5.64. The van der Waals surface area contributed by atoms with Gasteiger partial charge < -0.3 is 15.3 Å². The molecule has 0 saturated heterocycles. The van der Waals surface area contributed by atoms with Crippen molar-refractivity contribution in [2.75, 3.05) is 0 Å². The van der Waals surface area contributed by atoms with Crippen LogP contribution in [0.25, 0.3) is 44.5 Å². The Hall–Kier alpha value is -4.92. The zero-order valence-electron chi connectivity index (χ0n) is 23.7. The lowest BCUT2D eigenvalue weighted by molar-refractivity contribution is 0.105. The number of carbonyl (C=O) groups excluding carboxylic acids is 2. The molecule has 0 amide bonds. The standard InChI is InChI=1S/C18H7Cl4NO2.C18H11NO3/c19-13-11-12(14(20)16(22)15(13)21)18(25)10(17(11)24)9-6-5-7-3-1-2-4-8(7)23-9;20-14-9-10-5-1-4-8-13(10)19-16(14)15-17(21)11-6-2-3-7-12(11)18(15)22/h1-6,24H;1-9,20-21H. The van der Waals surface area contributed by atoms with Crippen LogP contribution in [0, 0.1) is 0 Å². The molecule has 3 N–H and O–H groups in total. The summed E-state index contributed by atoms with van der Waals surface area (Å²) in [5, 5.41) is 32.8. The van der Waals surface area contributed by atoms with Gasteiger partial charge in [0, 0.05) is 21.9 Å². The molecule has 0 atom stereocenters. The topological polar surface area (TPSA) is 121 Å². The number of ketones is 2. The van der Waals surface area contributed by atoms with Gasteiger partial charge in [0.1, 0.15) is 23.0 Å². The van der Waals surface area contributed by atoms with Gasteiger partial charge in [0.2, 0.25) is 5.78 Å². The summed E-state index contributed by atoms with van der Waals surface area (Å²) in [5.41, 5.74) is 2.83. The molecule has 4 aromatic carbocycles. The van der Waals surface area contributed by atoms with Crippen LogP contribution in [0.2, 0.25) is 20.1 Å². The molecule has 2 aliphatic rings. The Bertz CT molecular complexity index is 2440. The number of allylic oxidation sites excluding steroid dienone is 2. The predicted molar refractivity (Wildman–Crippen MR) is 186 cm³/mol.